The molecule has 2 aliphatic carbocycles. The van der Waals surface area contributed by atoms with Gasteiger partial charge in [-0.3, -0.25) is 19.3 Å². The van der Waals surface area contributed by atoms with E-state index in [1.54, 1.807) is 48.5 Å². The summed E-state index contributed by atoms with van der Waals surface area (Å²) in [7, 11) is 0. The first-order valence-electron chi connectivity index (χ1n) is 12.3. The van der Waals surface area contributed by atoms with Crippen molar-refractivity contribution in [2.45, 2.75) is 18.8 Å². The molecule has 2 amide bonds. The number of amides is 2. The Morgan fingerprint density at radius 1 is 0.778 bits per heavy atom. The molecule has 6 nitrogen and oxygen atoms in total. The minimum absolute atomic E-state index is 0.154. The largest absolute Gasteiger partial charge is 0.454 e. The highest BCUT2D eigenvalue weighted by atomic mass is 16.5. The summed E-state index contributed by atoms with van der Waals surface area (Å²) < 4.78 is 5.22. The van der Waals surface area contributed by atoms with E-state index >= 15 is 0 Å². The molecule has 2 bridgehead atoms. The van der Waals surface area contributed by atoms with Gasteiger partial charge in [0.25, 0.3) is 0 Å². The molecule has 5 atom stereocenters. The van der Waals surface area contributed by atoms with Crippen molar-refractivity contribution in [2.24, 2.45) is 23.7 Å². The van der Waals surface area contributed by atoms with Gasteiger partial charge in [0.05, 0.1) is 23.1 Å². The average molecular weight is 480 g/mol. The molecule has 0 N–H and O–H groups in total. The van der Waals surface area contributed by atoms with Gasteiger partial charge in [-0.25, -0.2) is 4.79 Å². The zero-order chi connectivity index (χ0) is 24.8. The number of rotatable bonds is 6. The zero-order valence-corrected chi connectivity index (χ0v) is 19.6. The lowest BCUT2D eigenvalue weighted by Gasteiger charge is -2.28. The van der Waals surface area contributed by atoms with Crippen LogP contribution in [-0.4, -0.2) is 30.2 Å². The summed E-state index contributed by atoms with van der Waals surface area (Å²) in [5.41, 5.74) is 2.26. The fourth-order valence-electron chi connectivity index (χ4n) is 6.49. The maximum Gasteiger partial charge on any atom is 0.338 e. The van der Waals surface area contributed by atoms with Gasteiger partial charge in [0.15, 0.2) is 12.4 Å². The molecule has 3 aliphatic rings. The molecular formula is C30H25NO5. The molecule has 1 aliphatic heterocycles. The molecule has 0 spiro atoms. The first kappa shape index (κ1) is 22.4. The van der Waals surface area contributed by atoms with Crippen molar-refractivity contribution >= 4 is 29.3 Å². The Hall–Kier alpha value is -4.06. The second-order valence-corrected chi connectivity index (χ2v) is 9.89. The number of carbonyl (C=O) groups excluding carboxylic acids is 4. The summed E-state index contributed by atoms with van der Waals surface area (Å²) in [6, 6.07) is 25.2. The number of nitrogens with zero attached hydrogens (tertiary/aromatic N) is 1. The van der Waals surface area contributed by atoms with E-state index in [0.717, 1.165) is 12.8 Å². The third-order valence-corrected chi connectivity index (χ3v) is 8.01. The van der Waals surface area contributed by atoms with Crippen LogP contribution in [0.4, 0.5) is 5.69 Å². The number of ether oxygens (including phenoxy) is 1. The number of anilines is 1. The van der Waals surface area contributed by atoms with Crippen LogP contribution in [0.3, 0.4) is 0 Å². The van der Waals surface area contributed by atoms with Crippen molar-refractivity contribution in [1.82, 2.24) is 0 Å². The lowest BCUT2D eigenvalue weighted by atomic mass is 9.73. The first-order valence-corrected chi connectivity index (χ1v) is 12.3. The van der Waals surface area contributed by atoms with Gasteiger partial charge in [-0.15, -0.1) is 0 Å². The van der Waals surface area contributed by atoms with Crippen molar-refractivity contribution in [1.29, 1.82) is 0 Å². The first-order chi connectivity index (χ1) is 17.5. The number of hydrogen-bond acceptors (Lipinski definition) is 5. The standard InChI is InChI=1S/C30H25NO5/c32-25(19-10-5-2-6-11-19)17-36-30(35)20-12-7-13-22(14-20)31-28(33)26-21-15-23(18-8-3-1-4-9-18)24(16-21)27(26)29(31)34/h1-14,21,23-24,26-27H,15-17H2/t21-,23+,24-,26-,27+/m1/s1. The van der Waals surface area contributed by atoms with E-state index in [1.807, 2.05) is 18.2 Å². The average Bonchev–Trinajstić information content (AvgIpc) is 3.59. The van der Waals surface area contributed by atoms with E-state index in [9.17, 15) is 19.2 Å². The Morgan fingerprint density at radius 2 is 1.44 bits per heavy atom. The van der Waals surface area contributed by atoms with Crippen LogP contribution in [0.1, 0.15) is 45.0 Å². The number of imide groups is 1. The van der Waals surface area contributed by atoms with Crippen molar-refractivity contribution in [3.05, 3.63) is 102 Å². The van der Waals surface area contributed by atoms with Gasteiger partial charge < -0.3 is 4.74 Å². The Kier molecular flexibility index (Phi) is 5.52. The SMILES string of the molecule is O=C(COC(=O)c1cccc(N2C(=O)[C@@H]3[C@H]4C[C@@H]([C@@H]3C2=O)[C@H](c2ccccc2)C4)c1)c1ccccc1. The van der Waals surface area contributed by atoms with E-state index in [1.165, 1.54) is 16.5 Å². The molecule has 180 valence electrons. The molecule has 2 saturated carbocycles. The smallest absolute Gasteiger partial charge is 0.338 e. The Labute approximate surface area is 208 Å². The summed E-state index contributed by atoms with van der Waals surface area (Å²) in [4.78, 5) is 53.2. The van der Waals surface area contributed by atoms with Crippen LogP contribution in [0.5, 0.6) is 0 Å². The van der Waals surface area contributed by atoms with Gasteiger partial charge >= 0.3 is 5.97 Å². The zero-order valence-electron chi connectivity index (χ0n) is 19.6. The minimum atomic E-state index is -0.676. The number of Topliss-reactive ketones (excluding diaryl/α,β-unsaturated/α-hetero) is 1. The Bertz CT molecular complexity index is 1350. The van der Waals surface area contributed by atoms with Crippen LogP contribution in [0.25, 0.3) is 0 Å². The van der Waals surface area contributed by atoms with Gasteiger partial charge in [0.1, 0.15) is 0 Å². The van der Waals surface area contributed by atoms with E-state index in [2.05, 4.69) is 12.1 Å². The van der Waals surface area contributed by atoms with E-state index in [-0.39, 0.29) is 59.4 Å². The van der Waals surface area contributed by atoms with Crippen molar-refractivity contribution < 1.29 is 23.9 Å². The normalized spacial score (nSPS) is 26.2. The van der Waals surface area contributed by atoms with Crippen LogP contribution < -0.4 is 4.90 Å². The molecular weight excluding hydrogens is 454 g/mol. The number of esters is 1. The van der Waals surface area contributed by atoms with Crippen molar-refractivity contribution in [3.8, 4) is 0 Å². The van der Waals surface area contributed by atoms with Gasteiger partial charge in [-0.1, -0.05) is 66.7 Å². The van der Waals surface area contributed by atoms with Crippen LogP contribution >= 0.6 is 0 Å². The molecule has 3 fully saturated rings. The van der Waals surface area contributed by atoms with Gasteiger partial charge in [-0.05, 0) is 54.4 Å². The molecule has 0 aromatic heterocycles. The van der Waals surface area contributed by atoms with E-state index < -0.39 is 5.97 Å². The van der Waals surface area contributed by atoms with Gasteiger partial charge in [-0.2, -0.15) is 0 Å². The monoisotopic (exact) mass is 479 g/mol. The quantitative estimate of drug-likeness (QED) is 0.292. The van der Waals surface area contributed by atoms with Crippen molar-refractivity contribution in [2.75, 3.05) is 11.5 Å². The maximum absolute atomic E-state index is 13.6. The number of fused-ring (bicyclic) bond motifs is 5. The summed E-state index contributed by atoms with van der Waals surface area (Å²) in [6.45, 7) is -0.386. The van der Waals surface area contributed by atoms with Crippen molar-refractivity contribution in [3.63, 3.8) is 0 Å². The van der Waals surface area contributed by atoms with Crippen LogP contribution in [0, 0.1) is 23.7 Å². The van der Waals surface area contributed by atoms with E-state index in [4.69, 9.17) is 4.74 Å². The predicted molar refractivity (Wildman–Crippen MR) is 132 cm³/mol. The van der Waals surface area contributed by atoms with Gasteiger partial charge in [0.2, 0.25) is 11.8 Å². The van der Waals surface area contributed by atoms with Crippen LogP contribution in [0.15, 0.2) is 84.9 Å². The number of ketones is 1. The third kappa shape index (κ3) is 3.65. The number of carbonyl (C=O) groups is 4. The Morgan fingerprint density at radius 3 is 2.19 bits per heavy atom. The summed E-state index contributed by atoms with van der Waals surface area (Å²) in [6.07, 6.45) is 1.83. The topological polar surface area (TPSA) is 80.8 Å². The molecule has 36 heavy (non-hydrogen) atoms. The van der Waals surface area contributed by atoms with E-state index in [0.29, 0.717) is 11.3 Å². The van der Waals surface area contributed by atoms with Crippen LogP contribution in [-0.2, 0) is 14.3 Å². The second kappa shape index (κ2) is 8.86. The number of benzene rings is 3. The molecule has 6 rings (SSSR count). The fourth-order valence-corrected chi connectivity index (χ4v) is 6.49. The molecule has 3 aromatic rings. The minimum Gasteiger partial charge on any atom is -0.454 e. The second-order valence-electron chi connectivity index (χ2n) is 9.89. The lowest BCUT2D eigenvalue weighted by molar-refractivity contribution is -0.123. The highest BCUT2D eigenvalue weighted by Crippen LogP contribution is 2.61. The summed E-state index contributed by atoms with van der Waals surface area (Å²) in [5, 5.41) is 0. The molecule has 6 heteroatoms. The molecule has 0 unspecified atom stereocenters. The molecule has 3 aromatic carbocycles. The van der Waals surface area contributed by atoms with Crippen LogP contribution in [0.2, 0.25) is 0 Å². The highest BCUT2D eigenvalue weighted by molar-refractivity contribution is 6.23. The molecule has 0 radical (unpaired) electrons. The third-order valence-electron chi connectivity index (χ3n) is 8.01. The highest BCUT2D eigenvalue weighted by Gasteiger charge is 2.64. The number of hydrogen-bond donors (Lipinski definition) is 0. The lowest BCUT2D eigenvalue weighted by Crippen LogP contribution is -2.33. The Balaban J connectivity index is 1.19. The van der Waals surface area contributed by atoms with Gasteiger partial charge in [0, 0.05) is 5.56 Å². The molecule has 1 heterocycles. The summed E-state index contributed by atoms with van der Waals surface area (Å²) in [5.74, 6) is -1.30. The summed E-state index contributed by atoms with van der Waals surface area (Å²) >= 11 is 0. The predicted octanol–water partition coefficient (Wildman–Crippen LogP) is 4.66. The maximum atomic E-state index is 13.6. The fraction of sp³-hybridized carbons (Fsp3) is 0.267. The molecule has 1 saturated heterocycles.